The predicted molar refractivity (Wildman–Crippen MR) is 153 cm³/mol. The third kappa shape index (κ3) is 6.15. The summed E-state index contributed by atoms with van der Waals surface area (Å²) in [5, 5.41) is 9.57. The SMILES string of the molecule is CN1CCC[C@H]1COc1nc2c(c(N3CCN(C(=O)OC(C)(C)C)[C@@H](CC#N)C3)n1)CCc1ccc(Br)cc1-2. The molecule has 0 saturated carbocycles. The van der Waals surface area contributed by atoms with E-state index in [0.29, 0.717) is 38.3 Å². The Hall–Kier alpha value is -2.90. The fraction of sp³-hybridized carbons (Fsp3) is 0.586. The van der Waals surface area contributed by atoms with E-state index < -0.39 is 5.60 Å². The van der Waals surface area contributed by atoms with Crippen molar-refractivity contribution in [1.82, 2.24) is 19.8 Å². The van der Waals surface area contributed by atoms with Gasteiger partial charge >= 0.3 is 12.1 Å². The third-order valence-electron chi connectivity index (χ3n) is 7.75. The zero-order valence-corrected chi connectivity index (χ0v) is 24.8. The van der Waals surface area contributed by atoms with Crippen LogP contribution in [0.15, 0.2) is 22.7 Å². The van der Waals surface area contributed by atoms with E-state index in [1.54, 1.807) is 4.90 Å². The fourth-order valence-corrected chi connectivity index (χ4v) is 6.09. The number of aryl methyl sites for hydroxylation is 1. The summed E-state index contributed by atoms with van der Waals surface area (Å²) in [5.41, 5.74) is 3.75. The maximum Gasteiger partial charge on any atom is 0.410 e. The lowest BCUT2D eigenvalue weighted by atomic mass is 9.89. The van der Waals surface area contributed by atoms with Crippen molar-refractivity contribution in [3.8, 4) is 23.3 Å². The molecule has 0 N–H and O–H groups in total. The summed E-state index contributed by atoms with van der Waals surface area (Å²) >= 11 is 3.63. The summed E-state index contributed by atoms with van der Waals surface area (Å²) in [5.74, 6) is 0.840. The number of ether oxygens (including phenoxy) is 2. The summed E-state index contributed by atoms with van der Waals surface area (Å²) in [6.07, 6.45) is 3.84. The monoisotopic (exact) mass is 596 g/mol. The second-order valence-corrected chi connectivity index (χ2v) is 12.6. The Morgan fingerprint density at radius 3 is 2.72 bits per heavy atom. The molecule has 2 saturated heterocycles. The van der Waals surface area contributed by atoms with Crippen LogP contribution in [0.25, 0.3) is 11.3 Å². The summed E-state index contributed by atoms with van der Waals surface area (Å²) in [6, 6.07) is 9.04. The van der Waals surface area contributed by atoms with E-state index in [1.807, 2.05) is 20.8 Å². The first-order valence-corrected chi connectivity index (χ1v) is 14.6. The Kier molecular flexibility index (Phi) is 8.01. The molecule has 2 aromatic rings. The Morgan fingerprint density at radius 2 is 2.00 bits per heavy atom. The van der Waals surface area contributed by atoms with E-state index in [2.05, 4.69) is 57.0 Å². The van der Waals surface area contributed by atoms with E-state index >= 15 is 0 Å². The van der Waals surface area contributed by atoms with Crippen molar-refractivity contribution in [3.05, 3.63) is 33.8 Å². The summed E-state index contributed by atoms with van der Waals surface area (Å²) < 4.78 is 12.9. The number of nitriles is 1. The average molecular weight is 598 g/mol. The Morgan fingerprint density at radius 1 is 1.18 bits per heavy atom. The van der Waals surface area contributed by atoms with Crippen molar-refractivity contribution in [3.63, 3.8) is 0 Å². The lowest BCUT2D eigenvalue weighted by Gasteiger charge is -2.42. The normalized spacial score (nSPS) is 21.2. The number of likely N-dealkylation sites (N-methyl/N-ethyl adjacent to an activating group) is 1. The van der Waals surface area contributed by atoms with E-state index in [1.165, 1.54) is 12.0 Å². The Balaban J connectivity index is 1.47. The second-order valence-electron chi connectivity index (χ2n) is 11.7. The van der Waals surface area contributed by atoms with E-state index in [-0.39, 0.29) is 18.6 Å². The second kappa shape index (κ2) is 11.3. The number of likely N-dealkylation sites (tertiary alicyclic amines) is 1. The van der Waals surface area contributed by atoms with Crippen molar-refractivity contribution < 1.29 is 14.3 Å². The number of nitrogens with zero attached hydrogens (tertiary/aromatic N) is 6. The lowest BCUT2D eigenvalue weighted by Crippen LogP contribution is -2.56. The standard InChI is InChI=1S/C29H37BrN6O3/c1-29(2,3)39-28(37)36-15-14-35(17-21(36)11-12-31)26-23-10-8-19-7-9-20(30)16-24(19)25(23)32-27(33-26)38-18-22-6-5-13-34(22)4/h7,9,16,21-22H,5-6,8,10-11,13-15,17-18H2,1-4H3/t21-,22-/m0/s1. The first-order valence-electron chi connectivity index (χ1n) is 13.8. The van der Waals surface area contributed by atoms with Gasteiger partial charge in [0, 0.05) is 41.3 Å². The Bertz CT molecular complexity index is 1270. The molecule has 2 aliphatic heterocycles. The number of hydrogen-bond donors (Lipinski definition) is 0. The maximum absolute atomic E-state index is 13.0. The molecule has 0 unspecified atom stereocenters. The van der Waals surface area contributed by atoms with Crippen LogP contribution in [0.2, 0.25) is 0 Å². The average Bonchev–Trinajstić information content (AvgIpc) is 3.30. The molecule has 3 heterocycles. The molecule has 0 radical (unpaired) electrons. The summed E-state index contributed by atoms with van der Waals surface area (Å²) in [7, 11) is 2.13. The number of hydrogen-bond acceptors (Lipinski definition) is 8. The summed E-state index contributed by atoms with van der Waals surface area (Å²) in [6.45, 7) is 8.72. The topological polar surface area (TPSA) is 94.8 Å². The predicted octanol–water partition coefficient (Wildman–Crippen LogP) is 4.82. The van der Waals surface area contributed by atoms with Crippen LogP contribution in [0, 0.1) is 11.3 Å². The molecule has 1 amide bonds. The first kappa shape index (κ1) is 27.7. The zero-order valence-electron chi connectivity index (χ0n) is 23.2. The van der Waals surface area contributed by atoms with E-state index in [0.717, 1.165) is 52.9 Å². The number of aromatic nitrogens is 2. The molecule has 3 aliphatic rings. The summed E-state index contributed by atoms with van der Waals surface area (Å²) in [4.78, 5) is 29.1. The van der Waals surface area contributed by atoms with Crippen LogP contribution in [0.1, 0.15) is 51.2 Å². The molecule has 2 fully saturated rings. The first-order chi connectivity index (χ1) is 18.6. The molecule has 5 rings (SSSR count). The number of carbonyl (C=O) groups excluding carboxylic acids is 1. The van der Waals surface area contributed by atoms with Gasteiger partial charge in [-0.2, -0.15) is 15.2 Å². The van der Waals surface area contributed by atoms with Gasteiger partial charge in [0.05, 0.1) is 24.2 Å². The van der Waals surface area contributed by atoms with E-state index in [9.17, 15) is 10.1 Å². The molecule has 9 nitrogen and oxygen atoms in total. The number of benzene rings is 1. The largest absolute Gasteiger partial charge is 0.462 e. The van der Waals surface area contributed by atoms with E-state index in [4.69, 9.17) is 19.4 Å². The zero-order chi connectivity index (χ0) is 27.7. The maximum atomic E-state index is 13.0. The van der Waals surface area contributed by atoms with Crippen LogP contribution in [-0.2, 0) is 17.6 Å². The Labute approximate surface area is 239 Å². The van der Waals surface area contributed by atoms with Gasteiger partial charge in [0.25, 0.3) is 0 Å². The molecular formula is C29H37BrN6O3. The van der Waals surface area contributed by atoms with Gasteiger partial charge in [-0.1, -0.05) is 22.0 Å². The van der Waals surface area contributed by atoms with Crippen molar-refractivity contribution in [2.45, 2.75) is 70.6 Å². The quantitative estimate of drug-likeness (QED) is 0.485. The number of carbonyl (C=O) groups is 1. The minimum absolute atomic E-state index is 0.218. The van der Waals surface area contributed by atoms with Crippen LogP contribution in [0.5, 0.6) is 6.01 Å². The van der Waals surface area contributed by atoms with Crippen molar-refractivity contribution in [2.75, 3.05) is 44.7 Å². The molecule has 1 aliphatic carbocycles. The van der Waals surface area contributed by atoms with Gasteiger partial charge in [-0.3, -0.25) is 0 Å². The number of amides is 1. The smallest absolute Gasteiger partial charge is 0.410 e. The van der Waals surface area contributed by atoms with Crippen LogP contribution < -0.4 is 9.64 Å². The number of anilines is 1. The minimum atomic E-state index is -0.599. The third-order valence-corrected chi connectivity index (χ3v) is 8.24. The number of fused-ring (bicyclic) bond motifs is 3. The minimum Gasteiger partial charge on any atom is -0.462 e. The highest BCUT2D eigenvalue weighted by atomic mass is 79.9. The van der Waals surface area contributed by atoms with Crippen molar-refractivity contribution in [1.29, 1.82) is 5.26 Å². The number of piperazine rings is 1. The molecule has 208 valence electrons. The van der Waals surface area contributed by atoms with Gasteiger partial charge in [-0.15, -0.1) is 0 Å². The fourth-order valence-electron chi connectivity index (χ4n) is 5.73. The molecule has 0 bridgehead atoms. The van der Waals surface area contributed by atoms with Gasteiger partial charge in [-0.25, -0.2) is 4.79 Å². The van der Waals surface area contributed by atoms with Crippen LogP contribution in [0.3, 0.4) is 0 Å². The lowest BCUT2D eigenvalue weighted by molar-refractivity contribution is 0.0144. The van der Waals surface area contributed by atoms with Crippen molar-refractivity contribution in [2.24, 2.45) is 0 Å². The van der Waals surface area contributed by atoms with Crippen LogP contribution in [-0.4, -0.2) is 83.4 Å². The highest BCUT2D eigenvalue weighted by molar-refractivity contribution is 9.10. The molecular weight excluding hydrogens is 560 g/mol. The molecule has 39 heavy (non-hydrogen) atoms. The number of halogens is 1. The molecule has 1 aromatic heterocycles. The van der Waals surface area contributed by atoms with Gasteiger partial charge in [0.1, 0.15) is 18.0 Å². The van der Waals surface area contributed by atoms with Crippen molar-refractivity contribution >= 4 is 27.8 Å². The van der Waals surface area contributed by atoms with Gasteiger partial charge in [-0.05, 0) is 77.7 Å². The van der Waals surface area contributed by atoms with Gasteiger partial charge in [0.2, 0.25) is 0 Å². The highest BCUT2D eigenvalue weighted by Crippen LogP contribution is 2.39. The molecule has 1 aromatic carbocycles. The molecule has 0 spiro atoms. The van der Waals surface area contributed by atoms with Gasteiger partial charge < -0.3 is 24.2 Å². The van der Waals surface area contributed by atoms with Crippen LogP contribution in [0.4, 0.5) is 10.6 Å². The highest BCUT2D eigenvalue weighted by Gasteiger charge is 2.36. The number of rotatable bonds is 5. The van der Waals surface area contributed by atoms with Crippen LogP contribution >= 0.6 is 15.9 Å². The molecule has 10 heteroatoms. The molecule has 2 atom stereocenters. The van der Waals surface area contributed by atoms with Gasteiger partial charge in [0.15, 0.2) is 0 Å².